The maximum absolute atomic E-state index is 15.1. The van der Waals surface area contributed by atoms with Crippen LogP contribution >= 0.6 is 0 Å². The number of methoxy groups -OCH3 is 1. The minimum Gasteiger partial charge on any atom is -0.465 e. The second-order valence-electron chi connectivity index (χ2n) is 14.2. The molecule has 0 aliphatic carbocycles. The van der Waals surface area contributed by atoms with Crippen molar-refractivity contribution in [3.05, 3.63) is 59.4 Å². The van der Waals surface area contributed by atoms with Crippen LogP contribution < -0.4 is 5.32 Å². The predicted molar refractivity (Wildman–Crippen MR) is 180 cm³/mol. The summed E-state index contributed by atoms with van der Waals surface area (Å²) in [4.78, 5) is 28.7. The van der Waals surface area contributed by atoms with Crippen LogP contribution in [0.1, 0.15) is 63.7 Å². The molecule has 4 rings (SSSR count). The van der Waals surface area contributed by atoms with Gasteiger partial charge in [0, 0.05) is 38.9 Å². The molecular formula is C35H52FN3O6Si. The Morgan fingerprint density at radius 2 is 1.85 bits per heavy atom. The van der Waals surface area contributed by atoms with E-state index in [0.29, 0.717) is 31.8 Å². The summed E-state index contributed by atoms with van der Waals surface area (Å²) in [6, 6.07) is 12.5. The van der Waals surface area contributed by atoms with Crippen LogP contribution in [-0.2, 0) is 13.9 Å². The fraction of sp³-hybridized carbons (Fsp3) is 0.600. The summed E-state index contributed by atoms with van der Waals surface area (Å²) >= 11 is 0. The number of morpholine rings is 1. The molecule has 2 aromatic carbocycles. The Kier molecular flexibility index (Phi) is 11.9. The number of amides is 3. The molecule has 254 valence electrons. The van der Waals surface area contributed by atoms with Gasteiger partial charge >= 0.3 is 12.1 Å². The number of unbranched alkanes of at least 4 members (excludes halogenated alkanes) is 1. The van der Waals surface area contributed by atoms with Crippen LogP contribution in [0, 0.1) is 12.7 Å². The van der Waals surface area contributed by atoms with Crippen LogP contribution in [0.2, 0.25) is 18.1 Å². The number of hydrogen-bond acceptors (Lipinski definition) is 5. The molecule has 2 aliphatic rings. The van der Waals surface area contributed by atoms with Gasteiger partial charge in [-0.25, -0.2) is 14.0 Å². The molecule has 46 heavy (non-hydrogen) atoms. The Bertz CT molecular complexity index is 1350. The predicted octanol–water partition coefficient (Wildman–Crippen LogP) is 7.21. The molecule has 2 saturated heterocycles. The summed E-state index contributed by atoms with van der Waals surface area (Å²) in [5.41, 5.74) is 3.34. The zero-order valence-corrected chi connectivity index (χ0v) is 29.5. The number of aryl methyl sites for hydroxylation is 1. The van der Waals surface area contributed by atoms with E-state index in [-0.39, 0.29) is 35.6 Å². The van der Waals surface area contributed by atoms with Crippen molar-refractivity contribution in [2.75, 3.05) is 39.9 Å². The standard InChI is InChI=1S/C35H52FN3O6Si/c1-24-12-10-13-25(20-24)32-27(15-11-16-28(32)36)30(43-5)17-9-8-14-26-21-38(18-19-44-26)34(42)39-22-29(37-33(40)41)31(23-39)45-46(6,7)35(2,3)4/h10-13,15-16,20,26,29-31,37H,8-9,14,17-19,21-23H2,1-7H3,(H,40,41)/t26-,29+,30?,31+/m0/s1. The number of likely N-dealkylation sites (tertiary alicyclic amines) is 1. The number of ether oxygens (including phenoxy) is 2. The van der Waals surface area contributed by atoms with Crippen molar-refractivity contribution in [2.45, 2.75) is 95.9 Å². The van der Waals surface area contributed by atoms with Crippen LogP contribution in [0.3, 0.4) is 0 Å². The summed E-state index contributed by atoms with van der Waals surface area (Å²) in [6.07, 6.45) is 1.40. The normalized spacial score (nSPS) is 21.3. The van der Waals surface area contributed by atoms with Crippen LogP contribution in [0.15, 0.2) is 42.5 Å². The van der Waals surface area contributed by atoms with Gasteiger partial charge in [0.1, 0.15) is 5.82 Å². The summed E-state index contributed by atoms with van der Waals surface area (Å²) in [7, 11) is -0.520. The Balaban J connectivity index is 1.32. The molecule has 1 unspecified atom stereocenters. The van der Waals surface area contributed by atoms with Gasteiger partial charge in [0.2, 0.25) is 0 Å². The van der Waals surface area contributed by atoms with Gasteiger partial charge in [0.05, 0.1) is 31.0 Å². The average molecular weight is 658 g/mol. The minimum atomic E-state index is -2.19. The molecule has 2 N–H and O–H groups in total. The van der Waals surface area contributed by atoms with E-state index < -0.39 is 26.6 Å². The van der Waals surface area contributed by atoms with E-state index in [1.165, 1.54) is 6.07 Å². The van der Waals surface area contributed by atoms with Gasteiger partial charge in [-0.1, -0.05) is 75.6 Å². The highest BCUT2D eigenvalue weighted by molar-refractivity contribution is 6.74. The fourth-order valence-corrected chi connectivity index (χ4v) is 7.54. The first-order chi connectivity index (χ1) is 21.7. The molecule has 2 heterocycles. The SMILES string of the molecule is COC(CCCC[C@H]1CN(C(=O)N2C[C@@H](NC(=O)O)[C@H](O[Si](C)(C)C(C)(C)C)C2)CCO1)c1cccc(F)c1-c1cccc(C)c1. The number of nitrogens with zero attached hydrogens (tertiary/aromatic N) is 2. The van der Waals surface area contributed by atoms with Crippen molar-refractivity contribution in [3.63, 3.8) is 0 Å². The number of carbonyl (C=O) groups excluding carboxylic acids is 1. The lowest BCUT2D eigenvalue weighted by atomic mass is 9.92. The third kappa shape index (κ3) is 8.87. The number of benzene rings is 2. The van der Waals surface area contributed by atoms with Gasteiger partial charge in [-0.2, -0.15) is 0 Å². The van der Waals surface area contributed by atoms with E-state index in [1.807, 2.05) is 42.2 Å². The first-order valence-corrected chi connectivity index (χ1v) is 19.3. The number of carbonyl (C=O) groups is 2. The summed E-state index contributed by atoms with van der Waals surface area (Å²) < 4.78 is 33.6. The van der Waals surface area contributed by atoms with Gasteiger partial charge in [0.15, 0.2) is 8.32 Å². The van der Waals surface area contributed by atoms with E-state index in [4.69, 9.17) is 13.9 Å². The van der Waals surface area contributed by atoms with Crippen molar-refractivity contribution >= 4 is 20.4 Å². The monoisotopic (exact) mass is 657 g/mol. The third-order valence-electron chi connectivity index (χ3n) is 9.73. The molecule has 11 heteroatoms. The van der Waals surface area contributed by atoms with Crippen molar-refractivity contribution in [3.8, 4) is 11.1 Å². The minimum absolute atomic E-state index is 0.0422. The lowest BCUT2D eigenvalue weighted by Crippen LogP contribution is -2.51. The quantitative estimate of drug-likeness (QED) is 0.196. The molecule has 0 bridgehead atoms. The van der Waals surface area contributed by atoms with Crippen LogP contribution in [0.4, 0.5) is 14.0 Å². The Hall–Kier alpha value is -2.99. The molecule has 9 nitrogen and oxygen atoms in total. The molecule has 0 radical (unpaired) electrons. The number of nitrogens with one attached hydrogen (secondary N) is 1. The number of halogens is 1. The molecular weight excluding hydrogens is 605 g/mol. The summed E-state index contributed by atoms with van der Waals surface area (Å²) in [6.45, 7) is 14.7. The van der Waals surface area contributed by atoms with Crippen LogP contribution in [0.25, 0.3) is 11.1 Å². The zero-order valence-electron chi connectivity index (χ0n) is 28.5. The van der Waals surface area contributed by atoms with Gasteiger partial charge in [-0.15, -0.1) is 0 Å². The highest BCUT2D eigenvalue weighted by atomic mass is 28.4. The first kappa shape index (κ1) is 35.9. The average Bonchev–Trinajstić information content (AvgIpc) is 3.36. The van der Waals surface area contributed by atoms with E-state index in [9.17, 15) is 14.7 Å². The van der Waals surface area contributed by atoms with Gasteiger partial charge in [-0.05, 0) is 55.1 Å². The molecule has 0 spiro atoms. The van der Waals surface area contributed by atoms with Gasteiger partial charge in [-0.3, -0.25) is 0 Å². The Labute approximate surface area is 274 Å². The highest BCUT2D eigenvalue weighted by Crippen LogP contribution is 2.39. The smallest absolute Gasteiger partial charge is 0.405 e. The van der Waals surface area contributed by atoms with Crippen LogP contribution in [-0.4, -0.2) is 93.5 Å². The molecule has 2 fully saturated rings. The molecule has 2 aromatic rings. The van der Waals surface area contributed by atoms with Crippen molar-refractivity contribution in [1.29, 1.82) is 0 Å². The molecule has 3 amide bonds. The summed E-state index contributed by atoms with van der Waals surface area (Å²) in [5.74, 6) is -0.258. The zero-order chi connectivity index (χ0) is 33.6. The maximum Gasteiger partial charge on any atom is 0.405 e. The summed E-state index contributed by atoms with van der Waals surface area (Å²) in [5, 5.41) is 12.0. The van der Waals surface area contributed by atoms with Gasteiger partial charge in [0.25, 0.3) is 0 Å². The third-order valence-corrected chi connectivity index (χ3v) is 14.2. The second kappa shape index (κ2) is 15.3. The maximum atomic E-state index is 15.1. The van der Waals surface area contributed by atoms with E-state index in [1.54, 1.807) is 18.1 Å². The Morgan fingerprint density at radius 1 is 1.11 bits per heavy atom. The molecule has 0 saturated carbocycles. The number of carboxylic acid groups (broad SMARTS) is 1. The largest absolute Gasteiger partial charge is 0.465 e. The first-order valence-electron chi connectivity index (χ1n) is 16.4. The molecule has 0 aromatic heterocycles. The lowest BCUT2D eigenvalue weighted by molar-refractivity contribution is -0.0237. The number of urea groups is 1. The van der Waals surface area contributed by atoms with E-state index in [0.717, 1.165) is 42.4 Å². The van der Waals surface area contributed by atoms with Crippen molar-refractivity contribution in [1.82, 2.24) is 15.1 Å². The molecule has 4 atom stereocenters. The molecule has 2 aliphatic heterocycles. The van der Waals surface area contributed by atoms with E-state index >= 15 is 4.39 Å². The number of hydrogen-bond donors (Lipinski definition) is 2. The fourth-order valence-electron chi connectivity index (χ4n) is 6.19. The van der Waals surface area contributed by atoms with Crippen molar-refractivity contribution in [2.24, 2.45) is 0 Å². The van der Waals surface area contributed by atoms with Crippen LogP contribution in [0.5, 0.6) is 0 Å². The van der Waals surface area contributed by atoms with E-state index in [2.05, 4.69) is 39.2 Å². The topological polar surface area (TPSA) is 101 Å². The highest BCUT2D eigenvalue weighted by Gasteiger charge is 2.45. The van der Waals surface area contributed by atoms with Gasteiger partial charge < -0.3 is 34.1 Å². The lowest BCUT2D eigenvalue weighted by Gasteiger charge is -2.39. The van der Waals surface area contributed by atoms with Crippen molar-refractivity contribution < 1.29 is 33.0 Å². The second-order valence-corrected chi connectivity index (χ2v) is 18.9. The number of rotatable bonds is 11. The Morgan fingerprint density at radius 3 is 2.52 bits per heavy atom.